The van der Waals surface area contributed by atoms with Gasteiger partial charge in [0.1, 0.15) is 11.2 Å². The van der Waals surface area contributed by atoms with Gasteiger partial charge in [-0.15, -0.1) is 0 Å². The number of benzene rings is 1. The Morgan fingerprint density at radius 2 is 2.00 bits per heavy atom. The number of aromatic nitrogens is 3. The van der Waals surface area contributed by atoms with Crippen LogP contribution in [0, 0.1) is 6.92 Å². The van der Waals surface area contributed by atoms with Crippen molar-refractivity contribution in [2.24, 2.45) is 0 Å². The Labute approximate surface area is 114 Å². The molecule has 0 atom stereocenters. The van der Waals surface area contributed by atoms with Gasteiger partial charge in [0.25, 0.3) is 0 Å². The van der Waals surface area contributed by atoms with E-state index < -0.39 is 0 Å². The summed E-state index contributed by atoms with van der Waals surface area (Å²) in [7, 11) is 0. The molecule has 0 amide bonds. The zero-order valence-corrected chi connectivity index (χ0v) is 10.9. The molecule has 0 spiro atoms. The molecule has 0 N–H and O–H groups in total. The van der Waals surface area contributed by atoms with E-state index in [1.807, 2.05) is 31.2 Å². The van der Waals surface area contributed by atoms with Crippen LogP contribution in [0.1, 0.15) is 15.9 Å². The fraction of sp³-hybridized carbons (Fsp3) is 0.0714. The third-order valence-electron chi connectivity index (χ3n) is 2.98. The minimum absolute atomic E-state index is 0.274. The average Bonchev–Trinajstić information content (AvgIpc) is 2.79. The van der Waals surface area contributed by atoms with Crippen LogP contribution in [-0.2, 0) is 0 Å². The van der Waals surface area contributed by atoms with Crippen LogP contribution in [0.15, 0.2) is 36.7 Å². The Bertz CT molecular complexity index is 762. The molecule has 19 heavy (non-hydrogen) atoms. The van der Waals surface area contributed by atoms with Crippen LogP contribution in [-0.4, -0.2) is 20.9 Å². The second kappa shape index (κ2) is 4.48. The number of rotatable bonds is 2. The first-order valence-corrected chi connectivity index (χ1v) is 6.13. The largest absolute Gasteiger partial charge is 0.298 e. The topological polar surface area (TPSA) is 47.3 Å². The van der Waals surface area contributed by atoms with Crippen LogP contribution >= 0.6 is 11.6 Å². The van der Waals surface area contributed by atoms with E-state index in [9.17, 15) is 4.79 Å². The number of aldehydes is 1. The van der Waals surface area contributed by atoms with Crippen molar-refractivity contribution in [1.29, 1.82) is 0 Å². The molecule has 94 valence electrons. The number of hydrogen-bond donors (Lipinski definition) is 0. The molecular weight excluding hydrogens is 262 g/mol. The summed E-state index contributed by atoms with van der Waals surface area (Å²) in [6.07, 6.45) is 3.99. The van der Waals surface area contributed by atoms with E-state index in [0.29, 0.717) is 16.8 Å². The Hall–Kier alpha value is -2.20. The predicted molar refractivity (Wildman–Crippen MR) is 73.6 cm³/mol. The molecular formula is C14H10ClN3O. The maximum Gasteiger partial charge on any atom is 0.155 e. The highest BCUT2D eigenvalue weighted by molar-refractivity contribution is 6.33. The van der Waals surface area contributed by atoms with Gasteiger partial charge in [0.15, 0.2) is 11.4 Å². The third-order valence-corrected chi connectivity index (χ3v) is 3.26. The van der Waals surface area contributed by atoms with Gasteiger partial charge in [-0.2, -0.15) is 5.10 Å². The summed E-state index contributed by atoms with van der Waals surface area (Å²) >= 11 is 6.04. The predicted octanol–water partition coefficient (Wildman–Crippen LogP) is 3.17. The molecule has 0 aliphatic carbocycles. The fourth-order valence-electron chi connectivity index (χ4n) is 2.02. The van der Waals surface area contributed by atoms with Crippen molar-refractivity contribution >= 4 is 23.4 Å². The lowest BCUT2D eigenvalue weighted by atomic mass is 10.1. The first kappa shape index (κ1) is 11.9. The van der Waals surface area contributed by atoms with Crippen molar-refractivity contribution in [1.82, 2.24) is 14.6 Å². The van der Waals surface area contributed by atoms with Gasteiger partial charge in [-0.3, -0.25) is 4.79 Å². The lowest BCUT2D eigenvalue weighted by Crippen LogP contribution is -1.89. The van der Waals surface area contributed by atoms with Crippen LogP contribution in [0.4, 0.5) is 0 Å². The van der Waals surface area contributed by atoms with Crippen LogP contribution in [0.3, 0.4) is 0 Å². The molecule has 0 bridgehead atoms. The minimum atomic E-state index is 0.274. The summed E-state index contributed by atoms with van der Waals surface area (Å²) in [5.41, 5.74) is 3.65. The lowest BCUT2D eigenvalue weighted by Gasteiger charge is -1.98. The summed E-state index contributed by atoms with van der Waals surface area (Å²) < 4.78 is 1.58. The second-order valence-corrected chi connectivity index (χ2v) is 4.62. The molecule has 5 heteroatoms. The molecule has 2 aromatic heterocycles. The number of nitrogens with zero attached hydrogens (tertiary/aromatic N) is 3. The number of carbonyl (C=O) groups excluding carboxylic acids is 1. The van der Waals surface area contributed by atoms with Gasteiger partial charge in [0, 0.05) is 18.0 Å². The molecule has 0 fully saturated rings. The zero-order chi connectivity index (χ0) is 13.4. The Morgan fingerprint density at radius 1 is 1.26 bits per heavy atom. The van der Waals surface area contributed by atoms with Gasteiger partial charge in [-0.25, -0.2) is 9.50 Å². The average molecular weight is 272 g/mol. The summed E-state index contributed by atoms with van der Waals surface area (Å²) in [4.78, 5) is 15.3. The van der Waals surface area contributed by atoms with Gasteiger partial charge in [0.2, 0.25) is 0 Å². The monoisotopic (exact) mass is 271 g/mol. The molecule has 2 heterocycles. The van der Waals surface area contributed by atoms with Crippen LogP contribution in [0.2, 0.25) is 5.15 Å². The SMILES string of the molecule is Cc1ccc(-c2nn3ccnc(Cl)c3c2C=O)cc1. The first-order chi connectivity index (χ1) is 9.20. The molecule has 3 rings (SSSR count). The van der Waals surface area contributed by atoms with E-state index in [2.05, 4.69) is 10.1 Å². The van der Waals surface area contributed by atoms with Gasteiger partial charge in [-0.1, -0.05) is 41.4 Å². The summed E-state index contributed by atoms with van der Waals surface area (Å²) in [5, 5.41) is 4.68. The Morgan fingerprint density at radius 3 is 2.68 bits per heavy atom. The molecule has 0 saturated heterocycles. The standard InChI is InChI=1S/C14H10ClN3O/c1-9-2-4-10(5-3-9)12-11(8-19)13-14(15)16-6-7-18(13)17-12/h2-8H,1H3. The lowest BCUT2D eigenvalue weighted by molar-refractivity contribution is 0.112. The molecule has 0 aliphatic heterocycles. The quantitative estimate of drug-likeness (QED) is 0.673. The van der Waals surface area contributed by atoms with Crippen molar-refractivity contribution in [3.63, 3.8) is 0 Å². The summed E-state index contributed by atoms with van der Waals surface area (Å²) in [5.74, 6) is 0. The van der Waals surface area contributed by atoms with E-state index in [1.165, 1.54) is 0 Å². The molecule has 0 saturated carbocycles. The number of halogens is 1. The van der Waals surface area contributed by atoms with E-state index in [-0.39, 0.29) is 5.15 Å². The third kappa shape index (κ3) is 1.90. The van der Waals surface area contributed by atoms with Crippen LogP contribution in [0.25, 0.3) is 16.8 Å². The molecule has 1 aromatic carbocycles. The normalized spacial score (nSPS) is 10.8. The highest BCUT2D eigenvalue weighted by Gasteiger charge is 2.16. The zero-order valence-electron chi connectivity index (χ0n) is 10.2. The number of aryl methyl sites for hydroxylation is 1. The maximum atomic E-state index is 11.4. The number of carbonyl (C=O) groups is 1. The molecule has 4 nitrogen and oxygen atoms in total. The van der Waals surface area contributed by atoms with Crippen molar-refractivity contribution in [3.05, 3.63) is 52.9 Å². The maximum absolute atomic E-state index is 11.4. The summed E-state index contributed by atoms with van der Waals surface area (Å²) in [6.45, 7) is 2.01. The van der Waals surface area contributed by atoms with Crippen LogP contribution < -0.4 is 0 Å². The van der Waals surface area contributed by atoms with Crippen molar-refractivity contribution in [2.75, 3.05) is 0 Å². The molecule has 0 unspecified atom stereocenters. The minimum Gasteiger partial charge on any atom is -0.298 e. The van der Waals surface area contributed by atoms with E-state index in [4.69, 9.17) is 11.6 Å². The van der Waals surface area contributed by atoms with Crippen molar-refractivity contribution in [2.45, 2.75) is 6.92 Å². The van der Waals surface area contributed by atoms with Gasteiger partial charge in [0.05, 0.1) is 5.56 Å². The first-order valence-electron chi connectivity index (χ1n) is 5.76. The Kier molecular flexibility index (Phi) is 2.80. The second-order valence-electron chi connectivity index (χ2n) is 4.26. The van der Waals surface area contributed by atoms with E-state index in [0.717, 1.165) is 17.4 Å². The Balaban J connectivity index is 2.32. The molecule has 0 aliphatic rings. The van der Waals surface area contributed by atoms with Crippen molar-refractivity contribution in [3.8, 4) is 11.3 Å². The highest BCUT2D eigenvalue weighted by atomic mass is 35.5. The van der Waals surface area contributed by atoms with Crippen molar-refractivity contribution < 1.29 is 4.79 Å². The number of fused-ring (bicyclic) bond motifs is 1. The summed E-state index contributed by atoms with van der Waals surface area (Å²) in [6, 6.07) is 7.83. The van der Waals surface area contributed by atoms with Gasteiger partial charge < -0.3 is 0 Å². The smallest absolute Gasteiger partial charge is 0.155 e. The van der Waals surface area contributed by atoms with Gasteiger partial charge in [-0.05, 0) is 6.92 Å². The van der Waals surface area contributed by atoms with Gasteiger partial charge >= 0.3 is 0 Å². The molecule has 0 radical (unpaired) electrons. The van der Waals surface area contributed by atoms with E-state index >= 15 is 0 Å². The highest BCUT2D eigenvalue weighted by Crippen LogP contribution is 2.27. The number of hydrogen-bond acceptors (Lipinski definition) is 3. The fourth-order valence-corrected chi connectivity index (χ4v) is 2.26. The van der Waals surface area contributed by atoms with Crippen LogP contribution in [0.5, 0.6) is 0 Å². The molecule has 3 aromatic rings. The van der Waals surface area contributed by atoms with E-state index in [1.54, 1.807) is 16.9 Å².